The molecule has 0 aromatic heterocycles. The number of unbranched alkanes of at least 4 members (excludes halogenated alkanes) is 1. The number of carbonyl (C=O) groups is 1. The van der Waals surface area contributed by atoms with Gasteiger partial charge in [0, 0.05) is 19.5 Å². The van der Waals surface area contributed by atoms with Crippen LogP contribution in [0.5, 0.6) is 0 Å². The van der Waals surface area contributed by atoms with Gasteiger partial charge in [0.2, 0.25) is 5.91 Å². The molecule has 1 heterocycles. The number of rotatable bonds is 5. The van der Waals surface area contributed by atoms with Gasteiger partial charge < -0.3 is 4.90 Å². The van der Waals surface area contributed by atoms with Gasteiger partial charge in [0.15, 0.2) is 0 Å². The molecule has 0 aliphatic carbocycles. The molecule has 1 aliphatic heterocycles. The van der Waals surface area contributed by atoms with Gasteiger partial charge in [0.05, 0.1) is 0 Å². The summed E-state index contributed by atoms with van der Waals surface area (Å²) >= 11 is 0. The zero-order valence-electron chi connectivity index (χ0n) is 10.5. The van der Waals surface area contributed by atoms with Crippen molar-refractivity contribution in [1.29, 1.82) is 0 Å². The first kappa shape index (κ1) is 12.5. The van der Waals surface area contributed by atoms with Crippen LogP contribution in [0.3, 0.4) is 0 Å². The fourth-order valence-corrected chi connectivity index (χ4v) is 2.41. The number of piperidine rings is 1. The van der Waals surface area contributed by atoms with Crippen LogP contribution >= 0.6 is 0 Å². The molecule has 1 rings (SSSR count). The van der Waals surface area contributed by atoms with E-state index in [4.69, 9.17) is 0 Å². The maximum absolute atomic E-state index is 11.7. The summed E-state index contributed by atoms with van der Waals surface area (Å²) in [5, 5.41) is 0. The lowest BCUT2D eigenvalue weighted by molar-refractivity contribution is -0.135. The summed E-state index contributed by atoms with van der Waals surface area (Å²) in [6.45, 7) is 8.71. The van der Waals surface area contributed by atoms with Crippen molar-refractivity contribution in [2.24, 2.45) is 11.8 Å². The SMILES string of the molecule is CCCCN1CC(CC(C)C)CCC1=O. The van der Waals surface area contributed by atoms with Crippen LogP contribution in [-0.4, -0.2) is 23.9 Å². The second-order valence-corrected chi connectivity index (χ2v) is 5.23. The Kier molecular flexibility index (Phi) is 5.13. The summed E-state index contributed by atoms with van der Waals surface area (Å²) in [6.07, 6.45) is 5.50. The van der Waals surface area contributed by atoms with Crippen molar-refractivity contribution in [3.05, 3.63) is 0 Å². The van der Waals surface area contributed by atoms with Gasteiger partial charge in [-0.25, -0.2) is 0 Å². The van der Waals surface area contributed by atoms with Gasteiger partial charge in [-0.1, -0.05) is 27.2 Å². The maximum Gasteiger partial charge on any atom is 0.222 e. The van der Waals surface area contributed by atoms with Crippen molar-refractivity contribution >= 4 is 5.91 Å². The fourth-order valence-electron chi connectivity index (χ4n) is 2.41. The smallest absolute Gasteiger partial charge is 0.222 e. The Labute approximate surface area is 94.0 Å². The minimum Gasteiger partial charge on any atom is -0.342 e. The largest absolute Gasteiger partial charge is 0.342 e. The predicted molar refractivity (Wildman–Crippen MR) is 63.7 cm³/mol. The van der Waals surface area contributed by atoms with Crippen LogP contribution in [0.4, 0.5) is 0 Å². The summed E-state index contributed by atoms with van der Waals surface area (Å²) in [5.74, 6) is 1.89. The first-order valence-corrected chi connectivity index (χ1v) is 6.41. The highest BCUT2D eigenvalue weighted by Crippen LogP contribution is 2.23. The Morgan fingerprint density at radius 1 is 1.47 bits per heavy atom. The van der Waals surface area contributed by atoms with Gasteiger partial charge in [-0.15, -0.1) is 0 Å². The van der Waals surface area contributed by atoms with Gasteiger partial charge in [-0.05, 0) is 31.1 Å². The molecule has 1 atom stereocenters. The third-order valence-corrected chi connectivity index (χ3v) is 3.18. The van der Waals surface area contributed by atoms with Gasteiger partial charge in [-0.3, -0.25) is 4.79 Å². The first-order chi connectivity index (χ1) is 7.13. The van der Waals surface area contributed by atoms with Crippen LogP contribution in [-0.2, 0) is 4.79 Å². The number of nitrogens with zero attached hydrogens (tertiary/aromatic N) is 1. The summed E-state index contributed by atoms with van der Waals surface area (Å²) in [6, 6.07) is 0. The number of hydrogen-bond acceptors (Lipinski definition) is 1. The second-order valence-electron chi connectivity index (χ2n) is 5.23. The van der Waals surface area contributed by atoms with Crippen LogP contribution in [0, 0.1) is 11.8 Å². The predicted octanol–water partition coefficient (Wildman–Crippen LogP) is 3.07. The van der Waals surface area contributed by atoms with Crippen LogP contribution in [0.2, 0.25) is 0 Å². The number of hydrogen-bond donors (Lipinski definition) is 0. The van der Waals surface area contributed by atoms with E-state index in [-0.39, 0.29) is 0 Å². The summed E-state index contributed by atoms with van der Waals surface area (Å²) in [5.41, 5.74) is 0. The van der Waals surface area contributed by atoms with Gasteiger partial charge >= 0.3 is 0 Å². The minimum atomic E-state index is 0.378. The molecule has 1 unspecified atom stereocenters. The molecule has 0 aromatic rings. The zero-order valence-corrected chi connectivity index (χ0v) is 10.5. The molecule has 2 heteroatoms. The van der Waals surface area contributed by atoms with Crippen molar-refractivity contribution in [1.82, 2.24) is 4.90 Å². The Hall–Kier alpha value is -0.530. The molecule has 0 radical (unpaired) electrons. The Balaban J connectivity index is 2.37. The molecule has 0 aromatic carbocycles. The number of carbonyl (C=O) groups excluding carboxylic acids is 1. The van der Waals surface area contributed by atoms with E-state index in [0.717, 1.165) is 44.2 Å². The average Bonchev–Trinajstić information content (AvgIpc) is 2.18. The van der Waals surface area contributed by atoms with Crippen LogP contribution in [0.1, 0.15) is 52.9 Å². The second kappa shape index (κ2) is 6.14. The van der Waals surface area contributed by atoms with E-state index in [1.165, 1.54) is 12.8 Å². The number of likely N-dealkylation sites (tertiary alicyclic amines) is 1. The van der Waals surface area contributed by atoms with Crippen LogP contribution < -0.4 is 0 Å². The molecular weight excluding hydrogens is 186 g/mol. The summed E-state index contributed by atoms with van der Waals surface area (Å²) in [4.78, 5) is 13.7. The van der Waals surface area contributed by atoms with Gasteiger partial charge in [0.1, 0.15) is 0 Å². The summed E-state index contributed by atoms with van der Waals surface area (Å²) in [7, 11) is 0. The fraction of sp³-hybridized carbons (Fsp3) is 0.923. The van der Waals surface area contributed by atoms with Crippen molar-refractivity contribution in [3.63, 3.8) is 0 Å². The van der Waals surface area contributed by atoms with Crippen molar-refractivity contribution in [2.45, 2.75) is 52.9 Å². The standard InChI is InChI=1S/C13H25NO/c1-4-5-8-14-10-12(9-11(2)3)6-7-13(14)15/h11-12H,4-10H2,1-3H3. The molecule has 2 nitrogen and oxygen atoms in total. The van der Waals surface area contributed by atoms with E-state index in [9.17, 15) is 4.79 Å². The van der Waals surface area contributed by atoms with E-state index in [1.54, 1.807) is 0 Å². The quantitative estimate of drug-likeness (QED) is 0.684. The van der Waals surface area contributed by atoms with Crippen LogP contribution in [0.15, 0.2) is 0 Å². The molecular formula is C13H25NO. The van der Waals surface area contributed by atoms with E-state index in [1.807, 2.05) is 0 Å². The Morgan fingerprint density at radius 3 is 2.80 bits per heavy atom. The van der Waals surface area contributed by atoms with Gasteiger partial charge in [-0.2, -0.15) is 0 Å². The molecule has 1 aliphatic rings. The van der Waals surface area contributed by atoms with Crippen molar-refractivity contribution in [2.75, 3.05) is 13.1 Å². The Bertz CT molecular complexity index is 201. The third-order valence-electron chi connectivity index (χ3n) is 3.18. The molecule has 0 bridgehead atoms. The molecule has 0 N–H and O–H groups in total. The third kappa shape index (κ3) is 4.23. The number of amides is 1. The monoisotopic (exact) mass is 211 g/mol. The molecule has 1 fully saturated rings. The average molecular weight is 211 g/mol. The lowest BCUT2D eigenvalue weighted by Gasteiger charge is -2.33. The molecule has 1 amide bonds. The van der Waals surface area contributed by atoms with Crippen LogP contribution in [0.25, 0.3) is 0 Å². The van der Waals surface area contributed by atoms with E-state index >= 15 is 0 Å². The highest BCUT2D eigenvalue weighted by atomic mass is 16.2. The minimum absolute atomic E-state index is 0.378. The maximum atomic E-state index is 11.7. The van der Waals surface area contributed by atoms with E-state index < -0.39 is 0 Å². The Morgan fingerprint density at radius 2 is 2.20 bits per heavy atom. The van der Waals surface area contributed by atoms with E-state index in [0.29, 0.717) is 5.91 Å². The molecule has 1 saturated heterocycles. The summed E-state index contributed by atoms with van der Waals surface area (Å²) < 4.78 is 0. The highest BCUT2D eigenvalue weighted by molar-refractivity contribution is 5.76. The zero-order chi connectivity index (χ0) is 11.3. The van der Waals surface area contributed by atoms with Crippen molar-refractivity contribution < 1.29 is 4.79 Å². The lowest BCUT2D eigenvalue weighted by Crippen LogP contribution is -2.40. The highest BCUT2D eigenvalue weighted by Gasteiger charge is 2.25. The normalized spacial score (nSPS) is 22.5. The van der Waals surface area contributed by atoms with Crippen molar-refractivity contribution in [3.8, 4) is 0 Å². The topological polar surface area (TPSA) is 20.3 Å². The van der Waals surface area contributed by atoms with E-state index in [2.05, 4.69) is 25.7 Å². The molecule has 0 spiro atoms. The first-order valence-electron chi connectivity index (χ1n) is 6.41. The van der Waals surface area contributed by atoms with Gasteiger partial charge in [0.25, 0.3) is 0 Å². The molecule has 0 saturated carbocycles. The lowest BCUT2D eigenvalue weighted by atomic mass is 9.89. The molecule has 88 valence electrons. The molecule has 15 heavy (non-hydrogen) atoms.